The van der Waals surface area contributed by atoms with Crippen LogP contribution in [0.2, 0.25) is 0 Å². The van der Waals surface area contributed by atoms with Gasteiger partial charge < -0.3 is 15.4 Å². The van der Waals surface area contributed by atoms with Gasteiger partial charge in [0, 0.05) is 16.9 Å². The van der Waals surface area contributed by atoms with E-state index in [2.05, 4.69) is 15.7 Å². The zero-order chi connectivity index (χ0) is 26.1. The summed E-state index contributed by atoms with van der Waals surface area (Å²) in [5.74, 6) is -2.48. The number of carbonyl (C=O) groups excluding carboxylic acids is 3. The quantitative estimate of drug-likeness (QED) is 0.259. The Kier molecular flexibility index (Phi) is 8.39. The third-order valence-electron chi connectivity index (χ3n) is 4.72. The molecular weight excluding hydrogens is 477 g/mol. The van der Waals surface area contributed by atoms with Crippen LogP contribution in [0.3, 0.4) is 0 Å². The van der Waals surface area contributed by atoms with Crippen LogP contribution < -0.4 is 20.8 Å². The van der Waals surface area contributed by atoms with Crippen LogP contribution in [0.4, 0.5) is 24.5 Å². The van der Waals surface area contributed by atoms with E-state index < -0.39 is 23.6 Å². The Labute approximate surface area is 204 Å². The smallest absolute Gasteiger partial charge is 0.416 e. The van der Waals surface area contributed by atoms with Crippen molar-refractivity contribution < 1.29 is 32.3 Å². The van der Waals surface area contributed by atoms with Gasteiger partial charge in [-0.2, -0.15) is 18.3 Å². The van der Waals surface area contributed by atoms with Gasteiger partial charge in [0.1, 0.15) is 5.75 Å². The predicted molar refractivity (Wildman–Crippen MR) is 128 cm³/mol. The number of anilines is 2. The number of ether oxygens (including phenoxy) is 1. The molecule has 186 valence electrons. The number of amides is 3. The van der Waals surface area contributed by atoms with E-state index in [4.69, 9.17) is 4.74 Å². The molecule has 0 unspecified atom stereocenters. The van der Waals surface area contributed by atoms with Crippen molar-refractivity contribution in [3.05, 3.63) is 89.5 Å². The average Bonchev–Trinajstić information content (AvgIpc) is 2.84. The molecule has 3 N–H and O–H groups in total. The molecule has 0 radical (unpaired) electrons. The summed E-state index contributed by atoms with van der Waals surface area (Å²) in [5, 5.41) is 8.50. The lowest BCUT2D eigenvalue weighted by Gasteiger charge is -2.11. The van der Waals surface area contributed by atoms with E-state index in [0.717, 1.165) is 17.7 Å². The molecule has 0 saturated carbocycles. The Bertz CT molecular complexity index is 1290. The molecule has 3 aromatic carbocycles. The molecule has 0 spiro atoms. The summed E-state index contributed by atoms with van der Waals surface area (Å²) in [5.41, 5.74) is 2.78. The van der Waals surface area contributed by atoms with Crippen molar-refractivity contribution in [1.82, 2.24) is 5.43 Å². The summed E-state index contributed by atoms with van der Waals surface area (Å²) >= 11 is 0. The van der Waals surface area contributed by atoms with Crippen molar-refractivity contribution in [3.8, 4) is 5.75 Å². The first-order valence-electron chi connectivity index (χ1n) is 10.5. The maximum Gasteiger partial charge on any atom is 0.416 e. The van der Waals surface area contributed by atoms with E-state index >= 15 is 0 Å². The molecule has 11 heteroatoms. The Hall–Kier alpha value is -4.67. The van der Waals surface area contributed by atoms with Crippen LogP contribution in [0.15, 0.2) is 77.9 Å². The van der Waals surface area contributed by atoms with Crippen LogP contribution in [-0.2, 0) is 20.6 Å². The first-order chi connectivity index (χ1) is 17.1. The Balaban J connectivity index is 1.55. The molecule has 3 aromatic rings. The molecule has 0 fully saturated rings. The summed E-state index contributed by atoms with van der Waals surface area (Å²) in [4.78, 5) is 36.2. The number of alkyl halides is 3. The molecule has 0 saturated heterocycles. The number of halogens is 3. The third kappa shape index (κ3) is 7.42. The van der Waals surface area contributed by atoms with Gasteiger partial charge in [-0.15, -0.1) is 0 Å². The zero-order valence-electron chi connectivity index (χ0n) is 18.9. The molecule has 0 aromatic heterocycles. The summed E-state index contributed by atoms with van der Waals surface area (Å²) in [6.07, 6.45) is -3.39. The molecule has 0 heterocycles. The van der Waals surface area contributed by atoms with E-state index in [1.165, 1.54) is 12.3 Å². The van der Waals surface area contributed by atoms with Gasteiger partial charge in [-0.25, -0.2) is 5.43 Å². The average molecular weight is 498 g/mol. The van der Waals surface area contributed by atoms with Crippen molar-refractivity contribution in [1.29, 1.82) is 0 Å². The minimum absolute atomic E-state index is 0.198. The number of nitrogens with zero attached hydrogens (tertiary/aromatic N) is 1. The molecule has 3 amide bonds. The molecule has 0 bridgehead atoms. The number of hydrogen-bond acceptors (Lipinski definition) is 5. The molecule has 0 aliphatic carbocycles. The van der Waals surface area contributed by atoms with E-state index in [1.807, 2.05) is 24.5 Å². The summed E-state index contributed by atoms with van der Waals surface area (Å²) < 4.78 is 43.9. The van der Waals surface area contributed by atoms with Crippen LogP contribution in [0.25, 0.3) is 0 Å². The van der Waals surface area contributed by atoms with Gasteiger partial charge >= 0.3 is 18.0 Å². The maximum atomic E-state index is 12.8. The molecule has 0 aliphatic rings. The molecule has 0 aliphatic heterocycles. The van der Waals surface area contributed by atoms with Gasteiger partial charge in [0.05, 0.1) is 11.8 Å². The van der Waals surface area contributed by atoms with Crippen LogP contribution >= 0.6 is 0 Å². The number of rotatable bonds is 7. The summed E-state index contributed by atoms with van der Waals surface area (Å²) in [6.45, 7) is 1.57. The van der Waals surface area contributed by atoms with Crippen molar-refractivity contribution in [2.75, 3.05) is 17.2 Å². The van der Waals surface area contributed by atoms with Crippen LogP contribution in [0, 0.1) is 6.92 Å². The number of benzene rings is 3. The van der Waals surface area contributed by atoms with Gasteiger partial charge in [-0.05, 0) is 48.9 Å². The molecule has 0 atom stereocenters. The number of hydrazone groups is 1. The fourth-order valence-corrected chi connectivity index (χ4v) is 2.93. The third-order valence-corrected chi connectivity index (χ3v) is 4.72. The monoisotopic (exact) mass is 498 g/mol. The number of para-hydroxylation sites is 2. The van der Waals surface area contributed by atoms with Crippen molar-refractivity contribution in [2.45, 2.75) is 13.1 Å². The van der Waals surface area contributed by atoms with E-state index in [1.54, 1.807) is 36.4 Å². The lowest BCUT2D eigenvalue weighted by atomic mass is 10.2. The molecular formula is C25H21F3N4O4. The van der Waals surface area contributed by atoms with Gasteiger partial charge in [0.15, 0.2) is 6.61 Å². The maximum absolute atomic E-state index is 12.8. The second-order valence-corrected chi connectivity index (χ2v) is 7.42. The molecule has 3 rings (SSSR count). The van der Waals surface area contributed by atoms with Gasteiger partial charge in [-0.1, -0.05) is 36.4 Å². The van der Waals surface area contributed by atoms with E-state index in [0.29, 0.717) is 23.1 Å². The van der Waals surface area contributed by atoms with Crippen LogP contribution in [0.1, 0.15) is 16.7 Å². The van der Waals surface area contributed by atoms with E-state index in [9.17, 15) is 27.6 Å². The summed E-state index contributed by atoms with van der Waals surface area (Å²) in [7, 11) is 0. The fraction of sp³-hybridized carbons (Fsp3) is 0.120. The highest BCUT2D eigenvalue weighted by Gasteiger charge is 2.30. The van der Waals surface area contributed by atoms with Crippen LogP contribution in [0.5, 0.6) is 5.75 Å². The lowest BCUT2D eigenvalue weighted by Crippen LogP contribution is -2.32. The van der Waals surface area contributed by atoms with Crippen molar-refractivity contribution >= 4 is 35.3 Å². The minimum Gasteiger partial charge on any atom is -0.483 e. The number of nitrogens with one attached hydrogen (secondary N) is 3. The highest BCUT2D eigenvalue weighted by molar-refractivity contribution is 6.39. The molecule has 8 nitrogen and oxygen atoms in total. The van der Waals surface area contributed by atoms with Gasteiger partial charge in [0.2, 0.25) is 0 Å². The first kappa shape index (κ1) is 25.9. The second kappa shape index (κ2) is 11.6. The van der Waals surface area contributed by atoms with Gasteiger partial charge in [0.25, 0.3) is 5.91 Å². The number of aryl methyl sites for hydroxylation is 1. The SMILES string of the molecule is Cc1ccccc1NC(=O)COc1ccccc1/C=N\NC(=O)C(=O)Nc1cccc(C(F)(F)F)c1. The molecule has 36 heavy (non-hydrogen) atoms. The number of carbonyl (C=O) groups is 3. The highest BCUT2D eigenvalue weighted by Crippen LogP contribution is 2.30. The largest absolute Gasteiger partial charge is 0.483 e. The highest BCUT2D eigenvalue weighted by atomic mass is 19.4. The Morgan fingerprint density at radius 1 is 0.917 bits per heavy atom. The van der Waals surface area contributed by atoms with Crippen LogP contribution in [-0.4, -0.2) is 30.5 Å². The minimum atomic E-state index is -4.59. The zero-order valence-corrected chi connectivity index (χ0v) is 18.9. The second-order valence-electron chi connectivity index (χ2n) is 7.42. The Morgan fingerprint density at radius 2 is 1.64 bits per heavy atom. The van der Waals surface area contributed by atoms with Gasteiger partial charge in [-0.3, -0.25) is 14.4 Å². The summed E-state index contributed by atoms with van der Waals surface area (Å²) in [6, 6.07) is 17.7. The Morgan fingerprint density at radius 3 is 2.39 bits per heavy atom. The van der Waals surface area contributed by atoms with E-state index in [-0.39, 0.29) is 18.2 Å². The first-order valence-corrected chi connectivity index (χ1v) is 10.5. The predicted octanol–water partition coefficient (Wildman–Crippen LogP) is 4.12. The fourth-order valence-electron chi connectivity index (χ4n) is 2.93. The lowest BCUT2D eigenvalue weighted by molar-refractivity contribution is -0.137. The number of hydrogen-bond donors (Lipinski definition) is 3. The van der Waals surface area contributed by atoms with Crippen molar-refractivity contribution in [3.63, 3.8) is 0 Å². The standard InChI is InChI=1S/C25H21F3N4O4/c1-16-7-2-4-11-20(16)31-22(33)15-36-21-12-5-3-8-17(21)14-29-32-24(35)23(34)30-19-10-6-9-18(13-19)25(26,27)28/h2-14H,15H2,1H3,(H,30,34)(H,31,33)(H,32,35)/b29-14-. The van der Waals surface area contributed by atoms with Crippen molar-refractivity contribution in [2.24, 2.45) is 5.10 Å². The normalized spacial score (nSPS) is 11.1. The topological polar surface area (TPSA) is 109 Å².